The van der Waals surface area contributed by atoms with E-state index in [2.05, 4.69) is 54.3 Å². The van der Waals surface area contributed by atoms with Crippen LogP contribution >= 0.6 is 0 Å². The highest BCUT2D eigenvalue weighted by atomic mass is 16.5. The minimum atomic E-state index is -0.283. The number of aromatic nitrogens is 4. The van der Waals surface area contributed by atoms with Crippen LogP contribution < -0.4 is 21.5 Å². The summed E-state index contributed by atoms with van der Waals surface area (Å²) in [6, 6.07) is 15.9. The Labute approximate surface area is 255 Å². The first-order chi connectivity index (χ1) is 21.4. The second kappa shape index (κ2) is 14.8. The summed E-state index contributed by atoms with van der Waals surface area (Å²) in [6.45, 7) is 7.58. The number of fused-ring (bicyclic) bond motifs is 1. The number of aromatic amines is 1. The number of carbonyl (C=O) groups excluding carboxylic acids is 1. The SMILES string of the molecule is COCCNc1nc(N)c2[nH]c(=O)n(Cc3ccc(CN4CCN(CCOc5cccc(CC(=O)OC)c5)CC4)cc3)c2n1. The molecule has 0 saturated carbocycles. The van der Waals surface area contributed by atoms with Gasteiger partial charge in [0.05, 0.1) is 26.7 Å². The third-order valence-corrected chi connectivity index (χ3v) is 7.63. The van der Waals surface area contributed by atoms with Gasteiger partial charge in [-0.15, -0.1) is 0 Å². The topological polar surface area (TPSA) is 153 Å². The fourth-order valence-electron chi connectivity index (χ4n) is 5.18. The average Bonchev–Trinajstić information content (AvgIpc) is 3.34. The number of ether oxygens (including phenoxy) is 3. The van der Waals surface area contributed by atoms with E-state index in [0.29, 0.717) is 43.4 Å². The van der Waals surface area contributed by atoms with Crippen molar-refractivity contribution in [2.45, 2.75) is 19.5 Å². The smallest absolute Gasteiger partial charge is 0.328 e. The lowest BCUT2D eigenvalue weighted by Crippen LogP contribution is -2.47. The maximum Gasteiger partial charge on any atom is 0.328 e. The Morgan fingerprint density at radius 2 is 1.68 bits per heavy atom. The van der Waals surface area contributed by atoms with Crippen LogP contribution in [0.3, 0.4) is 0 Å². The van der Waals surface area contributed by atoms with Crippen LogP contribution in [0.2, 0.25) is 0 Å². The second-order valence-corrected chi connectivity index (χ2v) is 10.7. The Morgan fingerprint density at radius 3 is 2.41 bits per heavy atom. The Hall–Kier alpha value is -4.46. The molecule has 13 heteroatoms. The third kappa shape index (κ3) is 8.13. The number of carbonyl (C=O) groups is 1. The number of hydrogen-bond donors (Lipinski definition) is 3. The van der Waals surface area contributed by atoms with Crippen LogP contribution in [0.1, 0.15) is 16.7 Å². The standard InChI is InChI=1S/C31H40N8O5/c1-42-16-10-33-30-35-28(32)27-29(36-30)39(31(41)34-27)21-23-8-6-22(7-9-23)20-38-13-11-37(12-14-38)15-17-44-25-5-3-4-24(18-25)19-26(40)43-2/h3-9,18H,10-17,19-21H2,1-2H3,(H,34,41)(H3,32,33,35,36). The molecule has 44 heavy (non-hydrogen) atoms. The van der Waals surface area contributed by atoms with Crippen LogP contribution in [-0.2, 0) is 33.8 Å². The van der Waals surface area contributed by atoms with Crippen molar-refractivity contribution in [3.63, 3.8) is 0 Å². The molecule has 1 saturated heterocycles. The van der Waals surface area contributed by atoms with Crippen molar-refractivity contribution in [2.24, 2.45) is 0 Å². The maximum absolute atomic E-state index is 12.7. The number of benzene rings is 2. The zero-order valence-corrected chi connectivity index (χ0v) is 25.3. The lowest BCUT2D eigenvalue weighted by atomic mass is 10.1. The zero-order chi connectivity index (χ0) is 30.9. The molecule has 0 radical (unpaired) electrons. The van der Waals surface area contributed by atoms with Gasteiger partial charge in [0.25, 0.3) is 0 Å². The first kappa shape index (κ1) is 31.0. The molecule has 2 aromatic heterocycles. The van der Waals surface area contributed by atoms with E-state index >= 15 is 0 Å². The molecule has 5 rings (SSSR count). The fraction of sp³-hybridized carbons (Fsp3) is 0.419. The number of hydrogen-bond acceptors (Lipinski definition) is 11. The Balaban J connectivity index is 1.09. The predicted octanol–water partition coefficient (Wildman–Crippen LogP) is 1.72. The van der Waals surface area contributed by atoms with Crippen molar-refractivity contribution < 1.29 is 19.0 Å². The van der Waals surface area contributed by atoms with Gasteiger partial charge in [-0.1, -0.05) is 36.4 Å². The number of anilines is 2. The lowest BCUT2D eigenvalue weighted by molar-refractivity contribution is -0.139. The number of nitrogens with zero attached hydrogens (tertiary/aromatic N) is 5. The van der Waals surface area contributed by atoms with Crippen molar-refractivity contribution in [1.29, 1.82) is 0 Å². The Bertz CT molecular complexity index is 1600. The predicted molar refractivity (Wildman–Crippen MR) is 168 cm³/mol. The van der Waals surface area contributed by atoms with Crippen LogP contribution in [0.4, 0.5) is 11.8 Å². The van der Waals surface area contributed by atoms with E-state index in [1.165, 1.54) is 12.7 Å². The number of H-pyrrole nitrogens is 1. The quantitative estimate of drug-likeness (QED) is 0.142. The van der Waals surface area contributed by atoms with E-state index in [9.17, 15) is 9.59 Å². The highest BCUT2D eigenvalue weighted by Crippen LogP contribution is 2.18. The van der Waals surface area contributed by atoms with Crippen molar-refractivity contribution in [3.05, 3.63) is 75.7 Å². The van der Waals surface area contributed by atoms with Gasteiger partial charge < -0.3 is 30.2 Å². The van der Waals surface area contributed by atoms with Gasteiger partial charge in [-0.05, 0) is 28.8 Å². The molecule has 0 aliphatic carbocycles. The zero-order valence-electron chi connectivity index (χ0n) is 25.3. The Kier molecular flexibility index (Phi) is 10.4. The molecule has 234 valence electrons. The van der Waals surface area contributed by atoms with E-state index < -0.39 is 0 Å². The van der Waals surface area contributed by atoms with Crippen molar-refractivity contribution in [3.8, 4) is 5.75 Å². The summed E-state index contributed by atoms with van der Waals surface area (Å²) >= 11 is 0. The number of piperazine rings is 1. The molecular formula is C31H40N8O5. The molecule has 1 fully saturated rings. The largest absolute Gasteiger partial charge is 0.492 e. The maximum atomic E-state index is 12.7. The molecule has 1 aliphatic rings. The van der Waals surface area contributed by atoms with Gasteiger partial charge in [-0.3, -0.25) is 19.2 Å². The number of nitrogens with one attached hydrogen (secondary N) is 2. The molecule has 0 amide bonds. The van der Waals surface area contributed by atoms with Gasteiger partial charge in [0.15, 0.2) is 11.5 Å². The van der Waals surface area contributed by atoms with Crippen molar-refractivity contribution >= 4 is 28.9 Å². The number of methoxy groups -OCH3 is 2. The summed E-state index contributed by atoms with van der Waals surface area (Å²) in [7, 11) is 3.01. The summed E-state index contributed by atoms with van der Waals surface area (Å²) in [5, 5.41) is 3.07. The van der Waals surface area contributed by atoms with E-state index in [4.69, 9.17) is 19.9 Å². The van der Waals surface area contributed by atoms with Crippen LogP contribution in [0.5, 0.6) is 5.75 Å². The van der Waals surface area contributed by atoms with Gasteiger partial charge >= 0.3 is 11.7 Å². The van der Waals surface area contributed by atoms with E-state index in [-0.39, 0.29) is 23.9 Å². The lowest BCUT2D eigenvalue weighted by Gasteiger charge is -2.34. The molecule has 0 spiro atoms. The van der Waals surface area contributed by atoms with Gasteiger partial charge in [-0.2, -0.15) is 9.97 Å². The molecular weight excluding hydrogens is 564 g/mol. The molecule has 13 nitrogen and oxygen atoms in total. The van der Waals surface area contributed by atoms with E-state index in [1.54, 1.807) is 11.7 Å². The molecule has 1 aliphatic heterocycles. The van der Waals surface area contributed by atoms with Gasteiger partial charge in [0.2, 0.25) is 5.95 Å². The number of nitrogens with two attached hydrogens (primary N) is 1. The van der Waals surface area contributed by atoms with Crippen molar-refractivity contribution in [1.82, 2.24) is 29.3 Å². The molecule has 4 N–H and O–H groups in total. The third-order valence-electron chi connectivity index (χ3n) is 7.63. The monoisotopic (exact) mass is 604 g/mol. The summed E-state index contributed by atoms with van der Waals surface area (Å²) in [5.41, 5.74) is 9.79. The first-order valence-electron chi connectivity index (χ1n) is 14.7. The van der Waals surface area contributed by atoms with Crippen LogP contribution in [0.15, 0.2) is 53.3 Å². The van der Waals surface area contributed by atoms with E-state index in [0.717, 1.165) is 56.1 Å². The Morgan fingerprint density at radius 1 is 0.955 bits per heavy atom. The average molecular weight is 605 g/mol. The van der Waals surface area contributed by atoms with Crippen LogP contribution in [0.25, 0.3) is 11.2 Å². The van der Waals surface area contributed by atoms with Gasteiger partial charge in [-0.25, -0.2) is 4.79 Å². The van der Waals surface area contributed by atoms with Gasteiger partial charge in [0.1, 0.15) is 17.9 Å². The molecule has 0 unspecified atom stereocenters. The highest BCUT2D eigenvalue weighted by molar-refractivity contribution is 5.82. The van der Waals surface area contributed by atoms with Crippen LogP contribution in [0, 0.1) is 0 Å². The minimum absolute atomic E-state index is 0.219. The molecule has 4 aromatic rings. The molecule has 3 heterocycles. The van der Waals surface area contributed by atoms with Gasteiger partial charge in [0, 0.05) is 52.9 Å². The summed E-state index contributed by atoms with van der Waals surface area (Å²) in [6.07, 6.45) is 0.238. The number of nitrogen functional groups attached to an aromatic ring is 1. The minimum Gasteiger partial charge on any atom is -0.492 e. The highest BCUT2D eigenvalue weighted by Gasteiger charge is 2.18. The first-order valence-corrected chi connectivity index (χ1v) is 14.7. The summed E-state index contributed by atoms with van der Waals surface area (Å²) in [4.78, 5) is 40.7. The molecule has 0 atom stereocenters. The molecule has 2 aromatic carbocycles. The fourth-order valence-corrected chi connectivity index (χ4v) is 5.18. The second-order valence-electron chi connectivity index (χ2n) is 10.7. The number of imidazole rings is 1. The number of rotatable bonds is 14. The summed E-state index contributed by atoms with van der Waals surface area (Å²) in [5.74, 6) is 1.07. The van der Waals surface area contributed by atoms with Crippen molar-refractivity contribution in [2.75, 3.05) is 77.8 Å². The molecule has 0 bridgehead atoms. The van der Waals surface area contributed by atoms with E-state index in [1.807, 2.05) is 24.3 Å². The summed E-state index contributed by atoms with van der Waals surface area (Å²) < 4.78 is 17.3. The number of esters is 1. The normalized spacial score (nSPS) is 14.1. The van der Waals surface area contributed by atoms with Crippen LogP contribution in [-0.4, -0.2) is 102 Å².